The maximum Gasteiger partial charge on any atom is 0.330 e. The molecule has 0 saturated heterocycles. The van der Waals surface area contributed by atoms with Gasteiger partial charge in [-0.25, -0.2) is 4.79 Å². The molecule has 2 aromatic rings. The van der Waals surface area contributed by atoms with Crippen LogP contribution in [0.1, 0.15) is 29.7 Å². The fourth-order valence-corrected chi connectivity index (χ4v) is 3.11. The second kappa shape index (κ2) is 5.03. The number of phenolic OH excluding ortho intramolecular Hbond substituents is 2. The van der Waals surface area contributed by atoms with E-state index in [4.69, 9.17) is 4.74 Å². The van der Waals surface area contributed by atoms with Crippen LogP contribution in [0.2, 0.25) is 0 Å². The van der Waals surface area contributed by atoms with E-state index in [1.807, 2.05) is 30.3 Å². The molecule has 22 heavy (non-hydrogen) atoms. The van der Waals surface area contributed by atoms with E-state index in [1.54, 1.807) is 6.92 Å². The zero-order valence-electron chi connectivity index (χ0n) is 12.3. The van der Waals surface area contributed by atoms with Gasteiger partial charge in [-0.15, -0.1) is 0 Å². The monoisotopic (exact) mass is 299 g/mol. The molecule has 0 amide bonds. The van der Waals surface area contributed by atoms with Crippen molar-refractivity contribution in [2.45, 2.75) is 18.5 Å². The maximum absolute atomic E-state index is 12.3. The van der Waals surface area contributed by atoms with Gasteiger partial charge in [-0.3, -0.25) is 5.32 Å². The fourth-order valence-electron chi connectivity index (χ4n) is 3.11. The lowest BCUT2D eigenvalue weighted by Gasteiger charge is -2.24. The number of carbonyl (C=O) groups excluding carboxylic acids is 1. The molecule has 1 aliphatic rings. The number of carbonyl (C=O) groups is 1. The van der Waals surface area contributed by atoms with E-state index in [2.05, 4.69) is 5.32 Å². The van der Waals surface area contributed by atoms with Gasteiger partial charge in [0.1, 0.15) is 17.0 Å². The van der Waals surface area contributed by atoms with Gasteiger partial charge in [0.25, 0.3) is 0 Å². The number of fused-ring (bicyclic) bond motifs is 1. The number of hydrogen-bond acceptors (Lipinski definition) is 5. The van der Waals surface area contributed by atoms with Gasteiger partial charge in [0.15, 0.2) is 0 Å². The molecule has 1 heterocycles. The summed E-state index contributed by atoms with van der Waals surface area (Å²) in [6.45, 7) is 1.64. The molecule has 3 N–H and O–H groups in total. The molecule has 0 radical (unpaired) electrons. The number of esters is 1. The van der Waals surface area contributed by atoms with Crippen LogP contribution in [0, 0.1) is 0 Å². The summed E-state index contributed by atoms with van der Waals surface area (Å²) in [5.74, 6) is -0.540. The molecular weight excluding hydrogens is 282 g/mol. The third-order valence-corrected chi connectivity index (χ3v) is 4.15. The largest absolute Gasteiger partial charge is 0.508 e. The van der Waals surface area contributed by atoms with Crippen LogP contribution in [0.3, 0.4) is 0 Å². The van der Waals surface area contributed by atoms with Crippen LogP contribution in [-0.4, -0.2) is 23.3 Å². The van der Waals surface area contributed by atoms with Gasteiger partial charge in [0, 0.05) is 11.1 Å². The number of ether oxygens (including phenoxy) is 1. The lowest BCUT2D eigenvalue weighted by Crippen LogP contribution is -2.44. The van der Waals surface area contributed by atoms with Gasteiger partial charge in [-0.05, 0) is 24.6 Å². The molecule has 114 valence electrons. The summed E-state index contributed by atoms with van der Waals surface area (Å²) in [6.07, 6.45) is 0. The van der Waals surface area contributed by atoms with E-state index in [0.717, 1.165) is 5.56 Å². The number of rotatable bonds is 2. The summed E-state index contributed by atoms with van der Waals surface area (Å²) in [5.41, 5.74) is 0.512. The Morgan fingerprint density at radius 1 is 1.14 bits per heavy atom. The fraction of sp³-hybridized carbons (Fsp3) is 0.235. The average molecular weight is 299 g/mol. The molecule has 0 fully saturated rings. The summed E-state index contributed by atoms with van der Waals surface area (Å²) in [7, 11) is 1.30. The molecule has 5 heteroatoms. The predicted molar refractivity (Wildman–Crippen MR) is 80.6 cm³/mol. The molecular formula is C17H17NO4. The van der Waals surface area contributed by atoms with Gasteiger partial charge in [0.2, 0.25) is 0 Å². The minimum atomic E-state index is -1.23. The van der Waals surface area contributed by atoms with E-state index in [9.17, 15) is 15.0 Å². The first-order valence-electron chi connectivity index (χ1n) is 6.95. The van der Waals surface area contributed by atoms with Crippen LogP contribution in [0.25, 0.3) is 0 Å². The Hall–Kier alpha value is -2.53. The van der Waals surface area contributed by atoms with Gasteiger partial charge >= 0.3 is 5.97 Å². The van der Waals surface area contributed by atoms with Crippen molar-refractivity contribution in [1.29, 1.82) is 0 Å². The summed E-state index contributed by atoms with van der Waals surface area (Å²) in [4.78, 5) is 12.3. The summed E-state index contributed by atoms with van der Waals surface area (Å²) in [5, 5.41) is 23.7. The molecule has 5 nitrogen and oxygen atoms in total. The molecule has 2 aromatic carbocycles. The van der Waals surface area contributed by atoms with Crippen molar-refractivity contribution >= 4 is 5.97 Å². The molecule has 0 saturated carbocycles. The minimum absolute atomic E-state index is 0.0294. The number of aromatic hydroxyl groups is 2. The van der Waals surface area contributed by atoms with Gasteiger partial charge in [-0.1, -0.05) is 30.3 Å². The highest BCUT2D eigenvalue weighted by molar-refractivity contribution is 5.86. The van der Waals surface area contributed by atoms with E-state index < -0.39 is 17.6 Å². The second-order valence-electron chi connectivity index (χ2n) is 5.50. The lowest BCUT2D eigenvalue weighted by atomic mass is 9.89. The molecule has 2 atom stereocenters. The minimum Gasteiger partial charge on any atom is -0.508 e. The molecule has 0 spiro atoms. The van der Waals surface area contributed by atoms with E-state index >= 15 is 0 Å². The van der Waals surface area contributed by atoms with E-state index in [1.165, 1.54) is 19.2 Å². The topological polar surface area (TPSA) is 78.8 Å². The first-order valence-corrected chi connectivity index (χ1v) is 6.95. The van der Waals surface area contributed by atoms with Crippen LogP contribution >= 0.6 is 0 Å². The third kappa shape index (κ3) is 1.94. The van der Waals surface area contributed by atoms with Crippen molar-refractivity contribution in [2.24, 2.45) is 0 Å². The van der Waals surface area contributed by atoms with Crippen LogP contribution in [0.4, 0.5) is 0 Å². The Kier molecular flexibility index (Phi) is 3.30. The highest BCUT2D eigenvalue weighted by atomic mass is 16.5. The SMILES string of the molecule is COC(=O)[C@@]1(C)N[C@@H](c2ccccc2)c2c(O)ccc(O)c21. The second-order valence-corrected chi connectivity index (χ2v) is 5.50. The van der Waals surface area contributed by atoms with Crippen LogP contribution in [0.15, 0.2) is 42.5 Å². The van der Waals surface area contributed by atoms with Crippen molar-refractivity contribution in [1.82, 2.24) is 5.32 Å². The lowest BCUT2D eigenvalue weighted by molar-refractivity contribution is -0.148. The number of nitrogens with one attached hydrogen (secondary N) is 1. The van der Waals surface area contributed by atoms with Crippen LogP contribution < -0.4 is 5.32 Å². The molecule has 0 bridgehead atoms. The quantitative estimate of drug-likeness (QED) is 0.585. The van der Waals surface area contributed by atoms with Crippen molar-refractivity contribution in [2.75, 3.05) is 7.11 Å². The van der Waals surface area contributed by atoms with Gasteiger partial charge in [0.05, 0.1) is 13.2 Å². The van der Waals surface area contributed by atoms with E-state index in [0.29, 0.717) is 11.1 Å². The molecule has 3 rings (SSSR count). The molecule has 0 aliphatic carbocycles. The Morgan fingerprint density at radius 3 is 2.41 bits per heavy atom. The number of methoxy groups -OCH3 is 1. The predicted octanol–water partition coefficient (Wildman–Crippen LogP) is 2.18. The van der Waals surface area contributed by atoms with Crippen LogP contribution in [-0.2, 0) is 15.1 Å². The van der Waals surface area contributed by atoms with Crippen molar-refractivity contribution in [3.63, 3.8) is 0 Å². The average Bonchev–Trinajstić information content (AvgIpc) is 2.87. The van der Waals surface area contributed by atoms with Crippen molar-refractivity contribution in [3.8, 4) is 11.5 Å². The zero-order valence-corrected chi connectivity index (χ0v) is 12.3. The van der Waals surface area contributed by atoms with Crippen molar-refractivity contribution in [3.05, 3.63) is 59.2 Å². The first kappa shape index (κ1) is 14.4. The Balaban J connectivity index is 2.25. The highest BCUT2D eigenvalue weighted by Gasteiger charge is 2.49. The summed E-state index contributed by atoms with van der Waals surface area (Å²) < 4.78 is 4.88. The first-order chi connectivity index (χ1) is 10.5. The zero-order chi connectivity index (χ0) is 15.9. The third-order valence-electron chi connectivity index (χ3n) is 4.15. The maximum atomic E-state index is 12.3. The normalized spacial score (nSPS) is 23.1. The Morgan fingerprint density at radius 2 is 1.77 bits per heavy atom. The van der Waals surface area contributed by atoms with Gasteiger partial charge < -0.3 is 14.9 Å². The summed E-state index contributed by atoms with van der Waals surface area (Å²) >= 11 is 0. The smallest absolute Gasteiger partial charge is 0.330 e. The molecule has 1 aliphatic heterocycles. The van der Waals surface area contributed by atoms with E-state index in [-0.39, 0.29) is 11.5 Å². The Labute approximate surface area is 128 Å². The standard InChI is InChI=1S/C17H17NO4/c1-17(16(21)22-2)14-12(20)9-8-11(19)13(14)15(18-17)10-6-4-3-5-7-10/h3-9,15,18-20H,1-2H3/t15-,17-/m0/s1. The number of hydrogen-bond donors (Lipinski definition) is 3. The van der Waals surface area contributed by atoms with Gasteiger partial charge in [-0.2, -0.15) is 0 Å². The number of benzene rings is 2. The van der Waals surface area contributed by atoms with Crippen molar-refractivity contribution < 1.29 is 19.7 Å². The van der Waals surface area contributed by atoms with Crippen LogP contribution in [0.5, 0.6) is 11.5 Å². The Bertz CT molecular complexity index is 729. The highest BCUT2D eigenvalue weighted by Crippen LogP contribution is 2.49. The molecule has 0 unspecified atom stereocenters. The summed E-state index contributed by atoms with van der Waals surface area (Å²) in [6, 6.07) is 11.8. The molecule has 0 aromatic heterocycles. The number of phenols is 2.